The molecule has 13 heteroatoms. The normalized spacial score (nSPS) is 36.5. The zero-order valence-electron chi connectivity index (χ0n) is 19.9. The van der Waals surface area contributed by atoms with Crippen LogP contribution in [0.4, 0.5) is 13.2 Å². The SMILES string of the molecule is CC1NN(C)C(C(=O)NC23CCC(NC(=O)COc4ccc5c(c4)OC(F)(F)O5)(CC2)[C@@H](O)C3)C1F. The first-order valence-electron chi connectivity index (χ1n) is 11.9. The number of fused-ring (bicyclic) bond motifs is 4. The van der Waals surface area contributed by atoms with Crippen LogP contribution in [0.15, 0.2) is 18.2 Å². The highest BCUT2D eigenvalue weighted by molar-refractivity contribution is 5.84. The van der Waals surface area contributed by atoms with Crippen LogP contribution in [0.25, 0.3) is 0 Å². The molecule has 1 aromatic rings. The lowest BCUT2D eigenvalue weighted by molar-refractivity contribution is -0.286. The van der Waals surface area contributed by atoms with Crippen LogP contribution in [0.1, 0.15) is 39.0 Å². The molecule has 4 N–H and O–H groups in total. The van der Waals surface area contributed by atoms with E-state index in [9.17, 15) is 27.9 Å². The number of halogens is 3. The van der Waals surface area contributed by atoms with Crippen molar-refractivity contribution in [2.75, 3.05) is 13.7 Å². The van der Waals surface area contributed by atoms with Crippen LogP contribution in [-0.4, -0.2) is 77.3 Å². The summed E-state index contributed by atoms with van der Waals surface area (Å²) in [6.45, 7) is 1.27. The van der Waals surface area contributed by atoms with Gasteiger partial charge in [-0.1, -0.05) is 0 Å². The van der Waals surface area contributed by atoms with E-state index < -0.39 is 60.2 Å². The smallest absolute Gasteiger partial charge is 0.484 e. The molecule has 0 radical (unpaired) electrons. The van der Waals surface area contributed by atoms with Crippen molar-refractivity contribution >= 4 is 11.8 Å². The van der Waals surface area contributed by atoms with Crippen LogP contribution >= 0.6 is 0 Å². The summed E-state index contributed by atoms with van der Waals surface area (Å²) in [6.07, 6.45) is -3.92. The van der Waals surface area contributed by atoms with Crippen molar-refractivity contribution in [2.24, 2.45) is 0 Å². The highest BCUT2D eigenvalue weighted by Gasteiger charge is 2.56. The van der Waals surface area contributed by atoms with Gasteiger partial charge in [0.05, 0.1) is 17.7 Å². The fourth-order valence-electron chi connectivity index (χ4n) is 5.76. The van der Waals surface area contributed by atoms with Crippen molar-refractivity contribution in [2.45, 2.75) is 80.8 Å². The molecular weight excluding hydrogens is 485 g/mol. The maximum atomic E-state index is 14.5. The van der Waals surface area contributed by atoms with Gasteiger partial charge < -0.3 is 30.0 Å². The Labute approximate surface area is 205 Å². The highest BCUT2D eigenvalue weighted by Crippen LogP contribution is 2.47. The number of aliphatic hydroxyl groups excluding tert-OH is 1. The number of likely N-dealkylation sites (N-methyl/N-ethyl adjacent to an activating group) is 1. The average Bonchev–Trinajstić information content (AvgIpc) is 3.25. The number of aliphatic hydroxyl groups is 1. The number of nitrogens with one attached hydrogen (secondary N) is 3. The quantitative estimate of drug-likeness (QED) is 0.444. The number of hydrogen-bond acceptors (Lipinski definition) is 8. The molecule has 2 bridgehead atoms. The molecule has 198 valence electrons. The average molecular weight is 515 g/mol. The third kappa shape index (κ3) is 4.43. The van der Waals surface area contributed by atoms with Crippen molar-refractivity contribution < 1.29 is 42.1 Å². The maximum Gasteiger partial charge on any atom is 0.586 e. The predicted molar refractivity (Wildman–Crippen MR) is 118 cm³/mol. The molecule has 0 spiro atoms. The molecule has 2 heterocycles. The maximum absolute atomic E-state index is 14.5. The molecule has 2 aliphatic heterocycles. The second kappa shape index (κ2) is 8.67. The molecule has 3 aliphatic carbocycles. The van der Waals surface area contributed by atoms with Gasteiger partial charge in [0.25, 0.3) is 5.91 Å². The van der Waals surface area contributed by atoms with Crippen LogP contribution in [0.3, 0.4) is 0 Å². The fraction of sp³-hybridized carbons (Fsp3) is 0.652. The van der Waals surface area contributed by atoms with Crippen molar-refractivity contribution in [1.82, 2.24) is 21.1 Å². The van der Waals surface area contributed by atoms with E-state index in [1.165, 1.54) is 23.2 Å². The summed E-state index contributed by atoms with van der Waals surface area (Å²) in [5.74, 6) is -1.10. The standard InChI is InChI=1S/C23H29F3N4O6/c1-12-18(24)19(30(2)29-12)20(33)28-21-5-7-22(8-6-21,16(31)10-21)27-17(32)11-34-13-3-4-14-15(9-13)36-23(25,26)35-14/h3-4,9,12,16,18-19,29,31H,5-8,10-11H2,1-2H3,(H,27,32)(H,28,33)/t12?,16-,18?,19?,21?,22?/m0/s1. The lowest BCUT2D eigenvalue weighted by Gasteiger charge is -2.56. The molecule has 10 nitrogen and oxygen atoms in total. The molecule has 4 fully saturated rings. The second-order valence-electron chi connectivity index (χ2n) is 10.2. The molecule has 3 saturated carbocycles. The Kier molecular flexibility index (Phi) is 5.99. The van der Waals surface area contributed by atoms with E-state index >= 15 is 0 Å². The number of ether oxygens (including phenoxy) is 3. The van der Waals surface area contributed by atoms with Crippen LogP contribution < -0.4 is 30.3 Å². The zero-order valence-corrected chi connectivity index (χ0v) is 19.9. The Balaban J connectivity index is 1.15. The highest BCUT2D eigenvalue weighted by atomic mass is 19.3. The number of carbonyl (C=O) groups is 2. The number of nitrogens with zero attached hydrogens (tertiary/aromatic N) is 1. The summed E-state index contributed by atoms with van der Waals surface area (Å²) in [5.41, 5.74) is 1.36. The number of hydrazine groups is 1. The molecule has 3 unspecified atom stereocenters. The molecule has 4 atom stereocenters. The van der Waals surface area contributed by atoms with E-state index in [2.05, 4.69) is 25.5 Å². The third-order valence-corrected chi connectivity index (χ3v) is 7.71. The van der Waals surface area contributed by atoms with Gasteiger partial charge >= 0.3 is 6.29 Å². The Bertz CT molecular complexity index is 1050. The van der Waals surface area contributed by atoms with E-state index in [0.29, 0.717) is 25.7 Å². The Hall–Kier alpha value is -2.77. The summed E-state index contributed by atoms with van der Waals surface area (Å²) in [4.78, 5) is 25.5. The summed E-state index contributed by atoms with van der Waals surface area (Å²) < 4.78 is 55.0. The van der Waals surface area contributed by atoms with Gasteiger partial charge in [-0.3, -0.25) is 9.59 Å². The van der Waals surface area contributed by atoms with Crippen LogP contribution in [-0.2, 0) is 9.59 Å². The summed E-state index contributed by atoms with van der Waals surface area (Å²) in [5, 5.41) is 18.2. The summed E-state index contributed by atoms with van der Waals surface area (Å²) >= 11 is 0. The molecule has 1 aromatic carbocycles. The minimum absolute atomic E-state index is 0.133. The number of hydrogen-bond donors (Lipinski definition) is 4. The zero-order chi connectivity index (χ0) is 25.9. The van der Waals surface area contributed by atoms with E-state index in [4.69, 9.17) is 4.74 Å². The Morgan fingerprint density at radius 2 is 1.89 bits per heavy atom. The minimum atomic E-state index is -3.75. The molecular formula is C23H29F3N4O6. The molecule has 1 saturated heterocycles. The number of benzene rings is 1. The number of amides is 2. The van der Waals surface area contributed by atoms with Gasteiger partial charge in [-0.05, 0) is 51.2 Å². The van der Waals surface area contributed by atoms with Gasteiger partial charge in [-0.25, -0.2) is 14.8 Å². The summed E-state index contributed by atoms with van der Waals surface area (Å²) in [6, 6.07) is 2.40. The second-order valence-corrected chi connectivity index (χ2v) is 10.2. The third-order valence-electron chi connectivity index (χ3n) is 7.71. The van der Waals surface area contributed by atoms with Gasteiger partial charge in [-0.2, -0.15) is 0 Å². The topological polar surface area (TPSA) is 121 Å². The molecule has 5 aliphatic rings. The van der Waals surface area contributed by atoms with Gasteiger partial charge in [0.2, 0.25) is 5.91 Å². The molecule has 2 amide bonds. The molecule has 6 rings (SSSR count). The first-order valence-corrected chi connectivity index (χ1v) is 11.9. The lowest BCUT2D eigenvalue weighted by atomic mass is 9.59. The van der Waals surface area contributed by atoms with E-state index in [1.807, 2.05) is 0 Å². The van der Waals surface area contributed by atoms with Crippen molar-refractivity contribution in [1.29, 1.82) is 0 Å². The Morgan fingerprint density at radius 1 is 1.19 bits per heavy atom. The van der Waals surface area contributed by atoms with Crippen LogP contribution in [0, 0.1) is 0 Å². The van der Waals surface area contributed by atoms with E-state index in [0.717, 1.165) is 0 Å². The molecule has 36 heavy (non-hydrogen) atoms. The van der Waals surface area contributed by atoms with E-state index in [-0.39, 0.29) is 23.7 Å². The van der Waals surface area contributed by atoms with E-state index in [1.54, 1.807) is 14.0 Å². The van der Waals surface area contributed by atoms with Crippen LogP contribution in [0.5, 0.6) is 17.2 Å². The Morgan fingerprint density at radius 3 is 2.53 bits per heavy atom. The first kappa shape index (κ1) is 24.9. The number of carbonyl (C=O) groups excluding carboxylic acids is 2. The fourth-order valence-corrected chi connectivity index (χ4v) is 5.76. The monoisotopic (exact) mass is 514 g/mol. The largest absolute Gasteiger partial charge is 0.586 e. The minimum Gasteiger partial charge on any atom is -0.484 e. The van der Waals surface area contributed by atoms with Crippen molar-refractivity contribution in [3.8, 4) is 17.2 Å². The summed E-state index contributed by atoms with van der Waals surface area (Å²) in [7, 11) is 1.62. The van der Waals surface area contributed by atoms with Crippen molar-refractivity contribution in [3.63, 3.8) is 0 Å². The van der Waals surface area contributed by atoms with Gasteiger partial charge in [0.15, 0.2) is 18.1 Å². The van der Waals surface area contributed by atoms with Gasteiger partial charge in [-0.15, -0.1) is 8.78 Å². The lowest BCUT2D eigenvalue weighted by Crippen LogP contribution is -2.71. The van der Waals surface area contributed by atoms with Crippen molar-refractivity contribution in [3.05, 3.63) is 18.2 Å². The molecule has 0 aromatic heterocycles. The number of rotatable bonds is 6. The first-order chi connectivity index (χ1) is 16.9. The van der Waals surface area contributed by atoms with Gasteiger partial charge in [0.1, 0.15) is 18.0 Å². The predicted octanol–water partition coefficient (Wildman–Crippen LogP) is 0.981. The van der Waals surface area contributed by atoms with Gasteiger partial charge in [0, 0.05) is 18.7 Å². The van der Waals surface area contributed by atoms with Crippen LogP contribution in [0.2, 0.25) is 0 Å². The number of alkyl halides is 3.